The predicted octanol–water partition coefficient (Wildman–Crippen LogP) is 1.09. The molecule has 0 fully saturated rings. The monoisotopic (exact) mass is 201 g/mol. The maximum Gasteiger partial charge on any atom is 0.354 e. The summed E-state index contributed by atoms with van der Waals surface area (Å²) in [4.78, 5) is 13.9. The Bertz CT molecular complexity index is 262. The van der Waals surface area contributed by atoms with Crippen LogP contribution in [0.15, 0.2) is 18.3 Å². The number of hydrogen-bond donors (Lipinski definition) is 1. The van der Waals surface area contributed by atoms with Crippen molar-refractivity contribution in [3.8, 4) is 0 Å². The molecule has 0 spiro atoms. The molecule has 3 nitrogen and oxygen atoms in total. The van der Waals surface area contributed by atoms with Crippen molar-refractivity contribution in [1.29, 1.82) is 0 Å². The van der Waals surface area contributed by atoms with Gasteiger partial charge in [-0.1, -0.05) is 0 Å². The number of hydrogen-bond acceptors (Lipinski definition) is 2. The van der Waals surface area contributed by atoms with Gasteiger partial charge < -0.3 is 5.11 Å². The fourth-order valence-corrected chi connectivity index (χ4v) is 0.653. The normalized spacial score (nSPS) is 8.45. The van der Waals surface area contributed by atoms with E-state index in [2.05, 4.69) is 4.98 Å². The van der Waals surface area contributed by atoms with Crippen molar-refractivity contribution in [3.63, 3.8) is 0 Å². The van der Waals surface area contributed by atoms with E-state index in [1.165, 1.54) is 12.3 Å². The molecule has 1 N–H and O–H groups in total. The van der Waals surface area contributed by atoms with Crippen LogP contribution in [0.3, 0.4) is 0 Å². The second-order valence-electron chi connectivity index (χ2n) is 2.02. The first-order valence-corrected chi connectivity index (χ1v) is 2.86. The first-order valence-electron chi connectivity index (χ1n) is 2.86. The fraction of sp³-hybridized carbons (Fsp3) is 0.143. The molecule has 0 amide bonds. The molecule has 0 unspecified atom stereocenters. The van der Waals surface area contributed by atoms with E-state index in [-0.39, 0.29) is 25.2 Å². The molecule has 1 aromatic rings. The molecule has 1 aromatic heterocycles. The molecular formula is C7H7NO2Zn. The molecule has 0 radical (unpaired) electrons. The number of nitrogens with zero attached hydrogens (tertiary/aromatic N) is 1. The van der Waals surface area contributed by atoms with Crippen molar-refractivity contribution < 1.29 is 29.4 Å². The molecule has 0 saturated heterocycles. The Hall–Kier alpha value is -0.757. The predicted molar refractivity (Wildman–Crippen MR) is 35.9 cm³/mol. The summed E-state index contributed by atoms with van der Waals surface area (Å²) in [5.74, 6) is -0.983. The molecule has 0 saturated carbocycles. The largest absolute Gasteiger partial charge is 0.477 e. The van der Waals surface area contributed by atoms with Gasteiger partial charge in [-0.05, 0) is 24.6 Å². The molecule has 0 aliphatic carbocycles. The minimum absolute atomic E-state index is 0. The number of rotatable bonds is 1. The van der Waals surface area contributed by atoms with Crippen molar-refractivity contribution in [2.45, 2.75) is 6.92 Å². The van der Waals surface area contributed by atoms with Gasteiger partial charge in [-0.25, -0.2) is 9.78 Å². The minimum atomic E-state index is -0.983. The van der Waals surface area contributed by atoms with Crippen LogP contribution in [0.4, 0.5) is 0 Å². The molecule has 1 heterocycles. The third-order valence-corrected chi connectivity index (χ3v) is 1.13. The smallest absolute Gasteiger partial charge is 0.354 e. The van der Waals surface area contributed by atoms with Gasteiger partial charge in [0.2, 0.25) is 0 Å². The topological polar surface area (TPSA) is 50.2 Å². The zero-order valence-corrected chi connectivity index (χ0v) is 9.21. The summed E-state index contributed by atoms with van der Waals surface area (Å²) in [7, 11) is 0. The van der Waals surface area contributed by atoms with Gasteiger partial charge in [0.1, 0.15) is 5.69 Å². The van der Waals surface area contributed by atoms with Crippen LogP contribution in [-0.2, 0) is 19.5 Å². The van der Waals surface area contributed by atoms with Crippen LogP contribution in [0, 0.1) is 6.92 Å². The Balaban J connectivity index is 0.000001000. The van der Waals surface area contributed by atoms with Gasteiger partial charge in [0, 0.05) is 25.7 Å². The molecule has 0 bridgehead atoms. The molecule has 0 aromatic carbocycles. The van der Waals surface area contributed by atoms with Crippen molar-refractivity contribution in [2.24, 2.45) is 0 Å². The van der Waals surface area contributed by atoms with E-state index in [9.17, 15) is 4.79 Å². The zero-order chi connectivity index (χ0) is 7.56. The number of carboxylic acid groups (broad SMARTS) is 1. The third kappa shape index (κ3) is 2.77. The number of aromatic carboxylic acids is 1. The van der Waals surface area contributed by atoms with E-state index in [1.54, 1.807) is 6.07 Å². The van der Waals surface area contributed by atoms with Gasteiger partial charge in [-0.2, -0.15) is 0 Å². The standard InChI is InChI=1S/C7H7NO2.Zn/c1-5-2-3-8-6(4-5)7(9)10;/h2-4H,1H3,(H,9,10);. The summed E-state index contributed by atoms with van der Waals surface area (Å²) in [6.07, 6.45) is 1.48. The van der Waals surface area contributed by atoms with Crippen LogP contribution in [0.2, 0.25) is 0 Å². The van der Waals surface area contributed by atoms with Gasteiger partial charge in [0.05, 0.1) is 0 Å². The average Bonchev–Trinajstić information content (AvgIpc) is 1.88. The number of pyridine rings is 1. The fourth-order valence-electron chi connectivity index (χ4n) is 0.653. The van der Waals surface area contributed by atoms with E-state index in [1.807, 2.05) is 6.92 Å². The second kappa shape index (κ2) is 4.19. The van der Waals surface area contributed by atoms with Gasteiger partial charge in [0.25, 0.3) is 0 Å². The van der Waals surface area contributed by atoms with Gasteiger partial charge in [-0.15, -0.1) is 0 Å². The minimum Gasteiger partial charge on any atom is -0.477 e. The van der Waals surface area contributed by atoms with Crippen molar-refractivity contribution in [1.82, 2.24) is 4.98 Å². The number of aryl methyl sites for hydroxylation is 1. The van der Waals surface area contributed by atoms with Gasteiger partial charge in [0.15, 0.2) is 0 Å². The van der Waals surface area contributed by atoms with Crippen molar-refractivity contribution >= 4 is 5.97 Å². The summed E-state index contributed by atoms with van der Waals surface area (Å²) in [6.45, 7) is 1.83. The molecular weight excluding hydrogens is 195 g/mol. The Morgan fingerprint density at radius 3 is 2.64 bits per heavy atom. The quantitative estimate of drug-likeness (QED) is 0.694. The van der Waals surface area contributed by atoms with Crippen molar-refractivity contribution in [2.75, 3.05) is 0 Å². The van der Waals surface area contributed by atoms with Crippen LogP contribution < -0.4 is 0 Å². The summed E-state index contributed by atoms with van der Waals surface area (Å²) in [6, 6.07) is 3.29. The van der Waals surface area contributed by atoms with E-state index < -0.39 is 5.97 Å². The van der Waals surface area contributed by atoms with Crippen LogP contribution in [0.25, 0.3) is 0 Å². The number of aromatic nitrogens is 1. The van der Waals surface area contributed by atoms with E-state index in [4.69, 9.17) is 5.11 Å². The van der Waals surface area contributed by atoms with Crippen LogP contribution in [0.1, 0.15) is 16.1 Å². The summed E-state index contributed by atoms with van der Waals surface area (Å²) in [5.41, 5.74) is 1.01. The Morgan fingerprint density at radius 2 is 2.27 bits per heavy atom. The van der Waals surface area contributed by atoms with Crippen molar-refractivity contribution in [3.05, 3.63) is 29.6 Å². The first-order chi connectivity index (χ1) is 4.70. The van der Waals surface area contributed by atoms with E-state index >= 15 is 0 Å². The third-order valence-electron chi connectivity index (χ3n) is 1.13. The Morgan fingerprint density at radius 1 is 1.64 bits per heavy atom. The molecule has 4 heteroatoms. The van der Waals surface area contributed by atoms with Gasteiger partial charge >= 0.3 is 5.97 Å². The van der Waals surface area contributed by atoms with Gasteiger partial charge in [-0.3, -0.25) is 0 Å². The number of carbonyl (C=O) groups is 1. The summed E-state index contributed by atoms with van der Waals surface area (Å²) in [5, 5.41) is 8.45. The summed E-state index contributed by atoms with van der Waals surface area (Å²) < 4.78 is 0. The molecule has 1 rings (SSSR count). The molecule has 0 atom stereocenters. The number of carboxylic acids is 1. The first kappa shape index (κ1) is 10.2. The zero-order valence-electron chi connectivity index (χ0n) is 6.24. The van der Waals surface area contributed by atoms with Crippen LogP contribution in [0.5, 0.6) is 0 Å². The molecule has 54 valence electrons. The maximum atomic E-state index is 10.3. The molecule has 0 aliphatic rings. The second-order valence-corrected chi connectivity index (χ2v) is 2.02. The van der Waals surface area contributed by atoms with Crippen LogP contribution in [-0.4, -0.2) is 16.1 Å². The Kier molecular flexibility index (Phi) is 3.90. The molecule has 11 heavy (non-hydrogen) atoms. The maximum absolute atomic E-state index is 10.3. The summed E-state index contributed by atoms with van der Waals surface area (Å²) >= 11 is 0. The van der Waals surface area contributed by atoms with E-state index in [0.717, 1.165) is 5.56 Å². The SMILES string of the molecule is Cc1ccnc(C(=O)O)c1.[Zn]. The van der Waals surface area contributed by atoms with E-state index in [0.29, 0.717) is 0 Å². The Labute approximate surface area is 77.2 Å². The molecule has 0 aliphatic heterocycles. The van der Waals surface area contributed by atoms with Crippen LogP contribution >= 0.6 is 0 Å². The average molecular weight is 203 g/mol.